The summed E-state index contributed by atoms with van der Waals surface area (Å²) in [5.41, 5.74) is 0.511. The molecule has 0 atom stereocenters. The van der Waals surface area contributed by atoms with Crippen molar-refractivity contribution in [1.29, 1.82) is 0 Å². The minimum absolute atomic E-state index is 0.0422. The Bertz CT molecular complexity index is 544. The molecule has 110 valence electrons. The van der Waals surface area contributed by atoms with Crippen molar-refractivity contribution in [2.24, 2.45) is 0 Å². The smallest absolute Gasteiger partial charge is 0.178 e. The van der Waals surface area contributed by atoms with Crippen LogP contribution in [0.3, 0.4) is 0 Å². The van der Waals surface area contributed by atoms with Gasteiger partial charge in [0, 0.05) is 18.8 Å². The molecule has 1 rings (SSSR count). The van der Waals surface area contributed by atoms with Crippen LogP contribution in [0.2, 0.25) is 0 Å². The van der Waals surface area contributed by atoms with E-state index in [-0.39, 0.29) is 16.4 Å². The molecule has 5 heteroatoms. The number of hydrogen-bond donors (Lipinski definition) is 0. The first kappa shape index (κ1) is 16.6. The summed E-state index contributed by atoms with van der Waals surface area (Å²) < 4.78 is 29.4. The number of benzene rings is 1. The van der Waals surface area contributed by atoms with Crippen molar-refractivity contribution in [1.82, 2.24) is 0 Å². The molecular weight excluding hydrogens is 276 g/mol. The third-order valence-electron chi connectivity index (χ3n) is 2.79. The fourth-order valence-electron chi connectivity index (χ4n) is 1.63. The van der Waals surface area contributed by atoms with E-state index in [4.69, 9.17) is 4.74 Å². The quantitative estimate of drug-likeness (QED) is 0.399. The van der Waals surface area contributed by atoms with Crippen molar-refractivity contribution in [2.45, 2.75) is 24.7 Å². The van der Waals surface area contributed by atoms with E-state index in [1.165, 1.54) is 31.2 Å². The van der Waals surface area contributed by atoms with E-state index in [0.29, 0.717) is 25.2 Å². The van der Waals surface area contributed by atoms with E-state index in [9.17, 15) is 13.2 Å². The highest BCUT2D eigenvalue weighted by molar-refractivity contribution is 7.91. The largest absolute Gasteiger partial charge is 0.381 e. The van der Waals surface area contributed by atoms with Gasteiger partial charge in [0.05, 0.1) is 10.6 Å². The molecule has 0 aliphatic heterocycles. The number of sulfone groups is 1. The summed E-state index contributed by atoms with van der Waals surface area (Å²) in [5.74, 6) is -0.0369. The zero-order chi connectivity index (χ0) is 15.0. The summed E-state index contributed by atoms with van der Waals surface area (Å²) in [5, 5.41) is 0. The van der Waals surface area contributed by atoms with Gasteiger partial charge in [-0.2, -0.15) is 0 Å². The third kappa shape index (κ3) is 5.27. The minimum atomic E-state index is -3.31. The highest BCUT2D eigenvalue weighted by Gasteiger charge is 2.14. The number of ether oxygens (including phenoxy) is 1. The Morgan fingerprint density at radius 3 is 2.45 bits per heavy atom. The van der Waals surface area contributed by atoms with E-state index in [0.717, 1.165) is 6.42 Å². The Morgan fingerprint density at radius 2 is 1.90 bits per heavy atom. The van der Waals surface area contributed by atoms with Crippen molar-refractivity contribution in [3.8, 4) is 0 Å². The Hall–Kier alpha value is -1.46. The van der Waals surface area contributed by atoms with Gasteiger partial charge in [-0.1, -0.05) is 18.2 Å². The molecule has 0 fully saturated rings. The first-order chi connectivity index (χ1) is 9.47. The number of carbonyl (C=O) groups is 1. The Balaban J connectivity index is 2.51. The second-order valence-electron chi connectivity index (χ2n) is 4.44. The molecule has 0 aromatic heterocycles. The lowest BCUT2D eigenvalue weighted by molar-refractivity contribution is 0.101. The Kier molecular flexibility index (Phi) is 6.61. The number of Topliss-reactive ketones (excluding diaryl/α,β-unsaturated/α-hetero) is 1. The van der Waals surface area contributed by atoms with Gasteiger partial charge < -0.3 is 4.74 Å². The molecule has 0 aliphatic carbocycles. The number of rotatable bonds is 9. The highest BCUT2D eigenvalue weighted by atomic mass is 32.2. The molecule has 0 radical (unpaired) electrons. The van der Waals surface area contributed by atoms with Crippen LogP contribution in [0.15, 0.2) is 41.8 Å². The summed E-state index contributed by atoms with van der Waals surface area (Å²) in [7, 11) is -3.31. The summed E-state index contributed by atoms with van der Waals surface area (Å²) in [6.07, 6.45) is 2.97. The van der Waals surface area contributed by atoms with Crippen molar-refractivity contribution in [2.75, 3.05) is 19.0 Å². The van der Waals surface area contributed by atoms with Gasteiger partial charge in [0.25, 0.3) is 0 Å². The minimum Gasteiger partial charge on any atom is -0.381 e. The van der Waals surface area contributed by atoms with Gasteiger partial charge in [0.1, 0.15) is 0 Å². The van der Waals surface area contributed by atoms with Crippen molar-refractivity contribution < 1.29 is 17.9 Å². The van der Waals surface area contributed by atoms with Gasteiger partial charge in [-0.15, -0.1) is 6.58 Å². The van der Waals surface area contributed by atoms with Crippen LogP contribution in [0.1, 0.15) is 30.1 Å². The predicted molar refractivity (Wildman–Crippen MR) is 78.7 cm³/mol. The molecule has 1 aromatic rings. The molecule has 20 heavy (non-hydrogen) atoms. The van der Waals surface area contributed by atoms with Crippen LogP contribution in [0.4, 0.5) is 0 Å². The second-order valence-corrected chi connectivity index (χ2v) is 6.55. The average Bonchev–Trinajstić information content (AvgIpc) is 2.43. The molecule has 0 saturated heterocycles. The topological polar surface area (TPSA) is 60.4 Å². The van der Waals surface area contributed by atoms with Crippen LogP contribution < -0.4 is 0 Å². The molecule has 0 amide bonds. The highest BCUT2D eigenvalue weighted by Crippen LogP contribution is 2.13. The first-order valence-corrected chi connectivity index (χ1v) is 8.15. The monoisotopic (exact) mass is 296 g/mol. The van der Waals surface area contributed by atoms with E-state index >= 15 is 0 Å². The lowest BCUT2D eigenvalue weighted by Gasteiger charge is -2.06. The van der Waals surface area contributed by atoms with Gasteiger partial charge in [-0.05, 0) is 31.9 Å². The van der Waals surface area contributed by atoms with Gasteiger partial charge in [-0.25, -0.2) is 8.42 Å². The van der Waals surface area contributed by atoms with E-state index < -0.39 is 9.84 Å². The van der Waals surface area contributed by atoms with E-state index in [1.54, 1.807) is 6.08 Å². The predicted octanol–water partition coefficient (Wildman–Crippen LogP) is 2.65. The molecule has 0 N–H and O–H groups in total. The van der Waals surface area contributed by atoms with E-state index in [1.807, 2.05) is 0 Å². The van der Waals surface area contributed by atoms with Crippen LogP contribution in [0, 0.1) is 0 Å². The molecule has 0 unspecified atom stereocenters. The Labute approximate surface area is 120 Å². The maximum absolute atomic E-state index is 12.0. The summed E-state index contributed by atoms with van der Waals surface area (Å²) in [4.78, 5) is 11.4. The van der Waals surface area contributed by atoms with Crippen LogP contribution in [0.25, 0.3) is 0 Å². The standard InChI is InChI=1S/C15H20O4S/c1-3-4-10-19-11-5-12-20(17,18)15-8-6-14(7-9-15)13(2)16/h3,6-9H,1,4-5,10-12H2,2H3. The van der Waals surface area contributed by atoms with Crippen molar-refractivity contribution >= 4 is 15.6 Å². The van der Waals surface area contributed by atoms with Crippen LogP contribution in [-0.4, -0.2) is 33.2 Å². The molecule has 0 bridgehead atoms. The van der Waals surface area contributed by atoms with Gasteiger partial charge in [-0.3, -0.25) is 4.79 Å². The SMILES string of the molecule is C=CCCOCCCS(=O)(=O)c1ccc(C(C)=O)cc1. The molecule has 1 aromatic carbocycles. The van der Waals surface area contributed by atoms with Crippen LogP contribution in [-0.2, 0) is 14.6 Å². The van der Waals surface area contributed by atoms with Crippen molar-refractivity contribution in [3.05, 3.63) is 42.5 Å². The fraction of sp³-hybridized carbons (Fsp3) is 0.400. The number of carbonyl (C=O) groups excluding carboxylic acids is 1. The van der Waals surface area contributed by atoms with Crippen LogP contribution >= 0.6 is 0 Å². The number of ketones is 1. The fourth-order valence-corrected chi connectivity index (χ4v) is 2.92. The molecule has 0 spiro atoms. The summed E-state index contributed by atoms with van der Waals surface area (Å²) >= 11 is 0. The van der Waals surface area contributed by atoms with Gasteiger partial charge >= 0.3 is 0 Å². The molecule has 0 saturated carbocycles. The summed E-state index contributed by atoms with van der Waals surface area (Å²) in [6.45, 7) is 6.01. The lowest BCUT2D eigenvalue weighted by atomic mass is 10.2. The maximum Gasteiger partial charge on any atom is 0.178 e. The van der Waals surface area contributed by atoms with Gasteiger partial charge in [0.2, 0.25) is 0 Å². The second kappa shape index (κ2) is 7.97. The first-order valence-electron chi connectivity index (χ1n) is 6.50. The third-order valence-corrected chi connectivity index (χ3v) is 4.60. The van der Waals surface area contributed by atoms with Crippen molar-refractivity contribution in [3.63, 3.8) is 0 Å². The molecule has 0 aliphatic rings. The normalized spacial score (nSPS) is 11.2. The Morgan fingerprint density at radius 1 is 1.25 bits per heavy atom. The van der Waals surface area contributed by atoms with Crippen LogP contribution in [0.5, 0.6) is 0 Å². The maximum atomic E-state index is 12.0. The molecule has 4 nitrogen and oxygen atoms in total. The lowest BCUT2D eigenvalue weighted by Crippen LogP contribution is -2.10. The zero-order valence-corrected chi connectivity index (χ0v) is 12.5. The molecule has 0 heterocycles. The van der Waals surface area contributed by atoms with Gasteiger partial charge in [0.15, 0.2) is 15.6 Å². The average molecular weight is 296 g/mol. The summed E-state index contributed by atoms with van der Waals surface area (Å²) in [6, 6.07) is 6.03. The molecular formula is C15H20O4S. The zero-order valence-electron chi connectivity index (χ0n) is 11.7. The number of hydrogen-bond acceptors (Lipinski definition) is 4. The van der Waals surface area contributed by atoms with E-state index in [2.05, 4.69) is 6.58 Å².